The maximum absolute atomic E-state index is 12.0. The second-order valence-corrected chi connectivity index (χ2v) is 5.23. The van der Waals surface area contributed by atoms with E-state index < -0.39 is 11.5 Å². The summed E-state index contributed by atoms with van der Waals surface area (Å²) >= 11 is 0. The molecule has 0 fully saturated rings. The van der Waals surface area contributed by atoms with Gasteiger partial charge in [0.25, 0.3) is 0 Å². The zero-order chi connectivity index (χ0) is 14.8. The van der Waals surface area contributed by atoms with E-state index in [9.17, 15) is 9.59 Å². The minimum atomic E-state index is -1.20. The molecule has 0 radical (unpaired) electrons. The fourth-order valence-corrected chi connectivity index (χ4v) is 1.80. The summed E-state index contributed by atoms with van der Waals surface area (Å²) in [5.74, 6) is -1.20. The van der Waals surface area contributed by atoms with Gasteiger partial charge in [-0.25, -0.2) is 4.79 Å². The van der Waals surface area contributed by atoms with Crippen LogP contribution in [0.5, 0.6) is 0 Å². The Bertz CT molecular complexity index is 472. The van der Waals surface area contributed by atoms with Crippen molar-refractivity contribution in [3.63, 3.8) is 0 Å². The zero-order valence-corrected chi connectivity index (χ0v) is 12.1. The number of carbonyl (C=O) groups is 2. The lowest BCUT2D eigenvalue weighted by Gasteiger charge is -2.31. The second-order valence-electron chi connectivity index (χ2n) is 5.23. The van der Waals surface area contributed by atoms with Crippen LogP contribution in [0.15, 0.2) is 0 Å². The van der Waals surface area contributed by atoms with Gasteiger partial charge in [0, 0.05) is 19.2 Å². The molecule has 0 aliphatic rings. The molecule has 0 unspecified atom stereocenters. The Kier molecular flexibility index (Phi) is 4.34. The highest BCUT2D eigenvalue weighted by molar-refractivity contribution is 5.86. The van der Waals surface area contributed by atoms with Gasteiger partial charge in [0.15, 0.2) is 0 Å². The smallest absolute Gasteiger partial charge is 0.329 e. The van der Waals surface area contributed by atoms with Crippen molar-refractivity contribution in [2.24, 2.45) is 0 Å². The third-order valence-electron chi connectivity index (χ3n) is 3.61. The first-order valence-corrected chi connectivity index (χ1v) is 6.18. The molecule has 0 saturated heterocycles. The van der Waals surface area contributed by atoms with E-state index in [1.54, 1.807) is 0 Å². The maximum Gasteiger partial charge on any atom is 0.329 e. The molecule has 1 amide bonds. The van der Waals surface area contributed by atoms with Gasteiger partial charge in [-0.05, 0) is 39.7 Å². The van der Waals surface area contributed by atoms with Gasteiger partial charge in [-0.1, -0.05) is 0 Å². The van der Waals surface area contributed by atoms with Gasteiger partial charge >= 0.3 is 5.97 Å². The average molecular weight is 267 g/mol. The minimum Gasteiger partial charge on any atom is -0.480 e. The standard InChI is InChI=1S/C13H21N3O3/c1-8-10(9(2)15-14-8)6-7-11(17)16(5)13(3,4)12(18)19/h6-7H2,1-5H3,(H,14,15)(H,18,19). The van der Waals surface area contributed by atoms with Crippen molar-refractivity contribution < 1.29 is 14.7 Å². The Morgan fingerprint density at radius 2 is 1.95 bits per heavy atom. The maximum atomic E-state index is 12.0. The van der Waals surface area contributed by atoms with E-state index in [-0.39, 0.29) is 12.3 Å². The Morgan fingerprint density at radius 1 is 1.37 bits per heavy atom. The largest absolute Gasteiger partial charge is 0.480 e. The Hall–Kier alpha value is -1.85. The molecular formula is C13H21N3O3. The first-order chi connectivity index (χ1) is 8.67. The van der Waals surface area contributed by atoms with E-state index in [2.05, 4.69) is 10.2 Å². The summed E-state index contributed by atoms with van der Waals surface area (Å²) in [6, 6.07) is 0. The van der Waals surface area contributed by atoms with Crippen molar-refractivity contribution in [2.75, 3.05) is 7.05 Å². The molecule has 1 aromatic heterocycles. The number of nitrogens with one attached hydrogen (secondary N) is 1. The Labute approximate surface area is 112 Å². The highest BCUT2D eigenvalue weighted by Crippen LogP contribution is 2.17. The monoisotopic (exact) mass is 267 g/mol. The van der Waals surface area contributed by atoms with Crippen molar-refractivity contribution >= 4 is 11.9 Å². The lowest BCUT2D eigenvalue weighted by molar-refractivity contribution is -0.155. The number of aromatic amines is 1. The van der Waals surface area contributed by atoms with Crippen molar-refractivity contribution in [1.82, 2.24) is 15.1 Å². The molecule has 0 aliphatic heterocycles. The van der Waals surface area contributed by atoms with E-state index in [0.717, 1.165) is 17.0 Å². The number of aromatic nitrogens is 2. The van der Waals surface area contributed by atoms with E-state index >= 15 is 0 Å². The van der Waals surface area contributed by atoms with Crippen LogP contribution in [0.2, 0.25) is 0 Å². The molecule has 1 heterocycles. The van der Waals surface area contributed by atoms with Crippen LogP contribution in [0.25, 0.3) is 0 Å². The molecule has 0 spiro atoms. The number of aryl methyl sites for hydroxylation is 2. The SMILES string of the molecule is Cc1n[nH]c(C)c1CCC(=O)N(C)C(C)(C)C(=O)O. The molecule has 0 atom stereocenters. The predicted octanol–water partition coefficient (Wildman–Crippen LogP) is 1.28. The van der Waals surface area contributed by atoms with Crippen molar-refractivity contribution in [3.8, 4) is 0 Å². The van der Waals surface area contributed by atoms with Gasteiger partial charge < -0.3 is 10.0 Å². The number of H-pyrrole nitrogens is 1. The van der Waals surface area contributed by atoms with E-state index in [1.807, 2.05) is 13.8 Å². The zero-order valence-electron chi connectivity index (χ0n) is 12.1. The Balaban J connectivity index is 2.69. The molecule has 1 aromatic rings. The minimum absolute atomic E-state index is 0.188. The highest BCUT2D eigenvalue weighted by Gasteiger charge is 2.34. The lowest BCUT2D eigenvalue weighted by Crippen LogP contribution is -2.50. The van der Waals surface area contributed by atoms with E-state index in [0.29, 0.717) is 6.42 Å². The van der Waals surface area contributed by atoms with Crippen LogP contribution < -0.4 is 0 Å². The quantitative estimate of drug-likeness (QED) is 0.841. The molecule has 106 valence electrons. The van der Waals surface area contributed by atoms with E-state index in [1.165, 1.54) is 25.8 Å². The van der Waals surface area contributed by atoms with Gasteiger partial charge in [0.2, 0.25) is 5.91 Å². The fraction of sp³-hybridized carbons (Fsp3) is 0.615. The Morgan fingerprint density at radius 3 is 2.37 bits per heavy atom. The number of aliphatic carboxylic acids is 1. The van der Waals surface area contributed by atoms with Gasteiger partial charge in [-0.3, -0.25) is 9.89 Å². The fourth-order valence-electron chi connectivity index (χ4n) is 1.80. The summed E-state index contributed by atoms with van der Waals surface area (Å²) in [6.07, 6.45) is 0.835. The van der Waals surface area contributed by atoms with Crippen LogP contribution in [0, 0.1) is 13.8 Å². The molecular weight excluding hydrogens is 246 g/mol. The summed E-state index contributed by atoms with van der Waals surface area (Å²) in [7, 11) is 1.52. The third kappa shape index (κ3) is 3.13. The molecule has 0 bridgehead atoms. The van der Waals surface area contributed by atoms with Gasteiger partial charge in [0.05, 0.1) is 5.69 Å². The number of rotatable bonds is 5. The molecule has 19 heavy (non-hydrogen) atoms. The summed E-state index contributed by atoms with van der Waals surface area (Å²) in [5, 5.41) is 16.0. The summed E-state index contributed by atoms with van der Waals surface area (Å²) in [6.45, 7) is 6.82. The summed E-state index contributed by atoms with van der Waals surface area (Å²) in [5.41, 5.74) is 1.66. The number of hydrogen-bond acceptors (Lipinski definition) is 3. The van der Waals surface area contributed by atoms with Crippen molar-refractivity contribution in [3.05, 3.63) is 17.0 Å². The predicted molar refractivity (Wildman–Crippen MR) is 70.9 cm³/mol. The molecule has 0 saturated carbocycles. The second kappa shape index (κ2) is 5.42. The van der Waals surface area contributed by atoms with Crippen molar-refractivity contribution in [2.45, 2.75) is 46.1 Å². The molecule has 2 N–H and O–H groups in total. The average Bonchev–Trinajstić information content (AvgIpc) is 2.65. The first kappa shape index (κ1) is 15.2. The normalized spacial score (nSPS) is 11.4. The van der Waals surface area contributed by atoms with Crippen LogP contribution in [-0.4, -0.2) is 44.7 Å². The number of amides is 1. The molecule has 6 nitrogen and oxygen atoms in total. The van der Waals surface area contributed by atoms with Crippen LogP contribution >= 0.6 is 0 Å². The number of carbonyl (C=O) groups excluding carboxylic acids is 1. The summed E-state index contributed by atoms with van der Waals surface area (Å²) < 4.78 is 0. The molecule has 1 rings (SSSR count). The van der Waals surface area contributed by atoms with E-state index in [4.69, 9.17) is 5.11 Å². The van der Waals surface area contributed by atoms with Gasteiger partial charge in [-0.2, -0.15) is 5.10 Å². The number of likely N-dealkylation sites (N-methyl/N-ethyl adjacent to an activating group) is 1. The number of hydrogen-bond donors (Lipinski definition) is 2. The summed E-state index contributed by atoms with van der Waals surface area (Å²) in [4.78, 5) is 24.4. The molecule has 6 heteroatoms. The van der Waals surface area contributed by atoms with Gasteiger partial charge in [-0.15, -0.1) is 0 Å². The highest BCUT2D eigenvalue weighted by atomic mass is 16.4. The third-order valence-corrected chi connectivity index (χ3v) is 3.61. The van der Waals surface area contributed by atoms with Crippen LogP contribution in [0.1, 0.15) is 37.2 Å². The van der Waals surface area contributed by atoms with Crippen LogP contribution in [0.4, 0.5) is 0 Å². The van der Waals surface area contributed by atoms with Crippen LogP contribution in [0.3, 0.4) is 0 Å². The first-order valence-electron chi connectivity index (χ1n) is 6.18. The lowest BCUT2D eigenvalue weighted by atomic mass is 10.0. The molecule has 0 aromatic carbocycles. The molecule has 0 aliphatic carbocycles. The number of nitrogens with zero attached hydrogens (tertiary/aromatic N) is 2. The van der Waals surface area contributed by atoms with Crippen LogP contribution in [-0.2, 0) is 16.0 Å². The van der Waals surface area contributed by atoms with Gasteiger partial charge in [0.1, 0.15) is 5.54 Å². The number of carboxylic acid groups (broad SMARTS) is 1. The van der Waals surface area contributed by atoms with Crippen molar-refractivity contribution in [1.29, 1.82) is 0 Å². The number of carboxylic acids is 1. The topological polar surface area (TPSA) is 86.3 Å².